The zero-order valence-electron chi connectivity index (χ0n) is 17.0. The van der Waals surface area contributed by atoms with Crippen molar-refractivity contribution in [3.8, 4) is 0 Å². The molecule has 1 aliphatic carbocycles. The summed E-state index contributed by atoms with van der Waals surface area (Å²) in [6.45, 7) is 5.50. The second-order valence-corrected chi connectivity index (χ2v) is 8.41. The van der Waals surface area contributed by atoms with Crippen molar-refractivity contribution in [2.24, 2.45) is 4.99 Å². The first-order chi connectivity index (χ1) is 13.7. The average molecular weight is 407 g/mol. The number of aliphatic hydroxyl groups excluding tert-OH is 1. The number of hydrogen-bond donors (Lipinski definition) is 3. The number of nitrogens with zero attached hydrogens (tertiary/aromatic N) is 2. The largest absolute Gasteiger partial charge is 0.386 e. The van der Waals surface area contributed by atoms with Crippen LogP contribution in [-0.2, 0) is 0 Å². The van der Waals surface area contributed by atoms with Crippen LogP contribution in [-0.4, -0.2) is 54.2 Å². The molecule has 2 aliphatic rings. The molecule has 0 radical (unpaired) electrons. The number of hydrogen-bond acceptors (Lipinski definition) is 3. The van der Waals surface area contributed by atoms with Crippen LogP contribution in [0.1, 0.15) is 63.5 Å². The predicted octanol–water partition coefficient (Wildman–Crippen LogP) is 3.73. The fourth-order valence-electron chi connectivity index (χ4n) is 4.39. The van der Waals surface area contributed by atoms with Crippen LogP contribution in [0.25, 0.3) is 0 Å². The van der Waals surface area contributed by atoms with Gasteiger partial charge in [0.2, 0.25) is 0 Å². The minimum absolute atomic E-state index is 0.292. The van der Waals surface area contributed by atoms with Gasteiger partial charge in [0.05, 0.1) is 6.54 Å². The van der Waals surface area contributed by atoms with Gasteiger partial charge < -0.3 is 20.6 Å². The van der Waals surface area contributed by atoms with Crippen LogP contribution in [0.2, 0.25) is 5.02 Å². The summed E-state index contributed by atoms with van der Waals surface area (Å²) >= 11 is 6.18. The maximum Gasteiger partial charge on any atom is 0.191 e. The van der Waals surface area contributed by atoms with Gasteiger partial charge in [-0.25, -0.2) is 0 Å². The minimum Gasteiger partial charge on any atom is -0.386 e. The highest BCUT2D eigenvalue weighted by molar-refractivity contribution is 6.31. The van der Waals surface area contributed by atoms with E-state index < -0.39 is 6.10 Å². The molecule has 3 rings (SSSR count). The highest BCUT2D eigenvalue weighted by Crippen LogP contribution is 2.25. The van der Waals surface area contributed by atoms with Crippen LogP contribution in [0, 0.1) is 0 Å². The zero-order valence-corrected chi connectivity index (χ0v) is 17.8. The molecule has 156 valence electrons. The molecule has 0 aromatic heterocycles. The number of aliphatic imine (C=N–C) groups is 1. The van der Waals surface area contributed by atoms with E-state index in [0.29, 0.717) is 17.6 Å². The molecule has 1 aliphatic heterocycles. The quantitative estimate of drug-likeness (QED) is 0.497. The Morgan fingerprint density at radius 2 is 1.89 bits per heavy atom. The van der Waals surface area contributed by atoms with Gasteiger partial charge in [-0.15, -0.1) is 0 Å². The third-order valence-corrected chi connectivity index (χ3v) is 6.34. The van der Waals surface area contributed by atoms with E-state index in [4.69, 9.17) is 11.6 Å². The van der Waals surface area contributed by atoms with Crippen molar-refractivity contribution >= 4 is 17.6 Å². The number of rotatable bonds is 6. The van der Waals surface area contributed by atoms with Crippen molar-refractivity contribution in [1.29, 1.82) is 0 Å². The van der Waals surface area contributed by atoms with E-state index in [2.05, 4.69) is 27.4 Å². The number of guanidine groups is 1. The molecule has 1 unspecified atom stereocenters. The first-order valence-corrected chi connectivity index (χ1v) is 11.3. The number of likely N-dealkylation sites (tertiary alicyclic amines) is 1. The van der Waals surface area contributed by atoms with Crippen LogP contribution in [0.15, 0.2) is 29.3 Å². The molecule has 1 saturated carbocycles. The van der Waals surface area contributed by atoms with Crippen molar-refractivity contribution in [2.75, 3.05) is 26.2 Å². The Hall–Kier alpha value is -1.30. The topological polar surface area (TPSA) is 59.9 Å². The summed E-state index contributed by atoms with van der Waals surface area (Å²) in [5, 5.41) is 17.9. The van der Waals surface area contributed by atoms with Crippen molar-refractivity contribution < 1.29 is 5.11 Å². The van der Waals surface area contributed by atoms with E-state index in [0.717, 1.165) is 37.0 Å². The van der Waals surface area contributed by atoms with E-state index in [9.17, 15) is 5.11 Å². The Labute approximate surface area is 174 Å². The summed E-state index contributed by atoms with van der Waals surface area (Å²) in [4.78, 5) is 7.30. The Kier molecular flexibility index (Phi) is 8.44. The van der Waals surface area contributed by atoms with Gasteiger partial charge in [-0.05, 0) is 38.7 Å². The molecule has 1 atom stereocenters. The Balaban J connectivity index is 1.50. The van der Waals surface area contributed by atoms with Crippen LogP contribution in [0.5, 0.6) is 0 Å². The lowest BCUT2D eigenvalue weighted by Crippen LogP contribution is -2.51. The van der Waals surface area contributed by atoms with Gasteiger partial charge in [0.25, 0.3) is 0 Å². The third kappa shape index (κ3) is 6.10. The molecule has 1 saturated heterocycles. The van der Waals surface area contributed by atoms with Crippen molar-refractivity contribution in [3.63, 3.8) is 0 Å². The summed E-state index contributed by atoms with van der Waals surface area (Å²) < 4.78 is 0. The predicted molar refractivity (Wildman–Crippen MR) is 117 cm³/mol. The maximum absolute atomic E-state index is 10.4. The molecule has 6 heteroatoms. The van der Waals surface area contributed by atoms with Crippen molar-refractivity contribution in [3.05, 3.63) is 34.9 Å². The smallest absolute Gasteiger partial charge is 0.191 e. The number of aliphatic hydroxyl groups is 1. The average Bonchev–Trinajstić information content (AvgIpc) is 2.73. The Bertz CT molecular complexity index is 625. The van der Waals surface area contributed by atoms with E-state index >= 15 is 0 Å². The lowest BCUT2D eigenvalue weighted by atomic mass is 9.92. The highest BCUT2D eigenvalue weighted by atomic mass is 35.5. The molecule has 0 bridgehead atoms. The molecule has 1 heterocycles. The second kappa shape index (κ2) is 11.0. The fourth-order valence-corrected chi connectivity index (χ4v) is 4.65. The first-order valence-electron chi connectivity index (χ1n) is 10.9. The zero-order chi connectivity index (χ0) is 19.8. The van der Waals surface area contributed by atoms with Crippen molar-refractivity contribution in [2.45, 2.75) is 70.1 Å². The molecule has 0 amide bonds. The van der Waals surface area contributed by atoms with E-state index in [1.807, 2.05) is 18.2 Å². The second-order valence-electron chi connectivity index (χ2n) is 8.00. The van der Waals surface area contributed by atoms with Crippen LogP contribution in [0.4, 0.5) is 0 Å². The van der Waals surface area contributed by atoms with Gasteiger partial charge in [0.15, 0.2) is 5.96 Å². The minimum atomic E-state index is -0.697. The number of piperidine rings is 1. The SMILES string of the molecule is CCNC(=NCC(O)c1ccccc1Cl)NC1CCN(C2CCCCC2)CC1. The third-order valence-electron chi connectivity index (χ3n) is 5.99. The fraction of sp³-hybridized carbons (Fsp3) is 0.682. The first kappa shape index (κ1) is 21.4. The Morgan fingerprint density at radius 1 is 1.18 bits per heavy atom. The monoisotopic (exact) mass is 406 g/mol. The van der Waals surface area contributed by atoms with Gasteiger partial charge in [-0.3, -0.25) is 4.99 Å². The maximum atomic E-state index is 10.4. The molecule has 2 fully saturated rings. The summed E-state index contributed by atoms with van der Waals surface area (Å²) in [7, 11) is 0. The molecule has 0 spiro atoms. The van der Waals surface area contributed by atoms with Crippen LogP contribution < -0.4 is 10.6 Å². The number of benzene rings is 1. The van der Waals surface area contributed by atoms with Crippen LogP contribution in [0.3, 0.4) is 0 Å². The lowest BCUT2D eigenvalue weighted by Gasteiger charge is -2.39. The summed E-state index contributed by atoms with van der Waals surface area (Å²) in [6, 6.07) is 8.65. The van der Waals surface area contributed by atoms with E-state index in [1.165, 1.54) is 45.2 Å². The van der Waals surface area contributed by atoms with Gasteiger partial charge >= 0.3 is 0 Å². The summed E-state index contributed by atoms with van der Waals surface area (Å²) in [6.07, 6.45) is 8.56. The van der Waals surface area contributed by atoms with E-state index in [1.54, 1.807) is 6.07 Å². The number of halogens is 1. The number of nitrogens with one attached hydrogen (secondary N) is 2. The van der Waals surface area contributed by atoms with Crippen molar-refractivity contribution in [1.82, 2.24) is 15.5 Å². The van der Waals surface area contributed by atoms with Gasteiger partial charge in [-0.1, -0.05) is 49.1 Å². The Morgan fingerprint density at radius 3 is 2.57 bits per heavy atom. The molecular formula is C22H35ClN4O. The van der Waals surface area contributed by atoms with Gasteiger partial charge in [-0.2, -0.15) is 0 Å². The lowest BCUT2D eigenvalue weighted by molar-refractivity contribution is 0.119. The molecule has 1 aromatic carbocycles. The summed E-state index contributed by atoms with van der Waals surface area (Å²) in [5.74, 6) is 0.782. The van der Waals surface area contributed by atoms with Gasteiger partial charge in [0.1, 0.15) is 6.10 Å². The molecular weight excluding hydrogens is 372 g/mol. The normalized spacial score (nSPS) is 21.5. The van der Waals surface area contributed by atoms with Gasteiger partial charge in [0, 0.05) is 42.3 Å². The standard InChI is InChI=1S/C22H35ClN4O/c1-2-24-22(25-16-21(28)19-10-6-7-11-20(19)23)26-17-12-14-27(15-13-17)18-8-4-3-5-9-18/h6-7,10-11,17-18,21,28H,2-5,8-9,12-16H2,1H3,(H2,24,25,26). The molecule has 28 heavy (non-hydrogen) atoms. The summed E-state index contributed by atoms with van der Waals surface area (Å²) in [5.41, 5.74) is 0.726. The van der Waals surface area contributed by atoms with E-state index in [-0.39, 0.29) is 0 Å². The molecule has 1 aromatic rings. The van der Waals surface area contributed by atoms with Crippen LogP contribution >= 0.6 is 11.6 Å². The molecule has 5 nitrogen and oxygen atoms in total. The highest BCUT2D eigenvalue weighted by Gasteiger charge is 2.26. The molecule has 3 N–H and O–H groups in total.